The molecule has 6 amide bonds. The number of aromatic nitrogens is 4. The van der Waals surface area contributed by atoms with E-state index in [1.165, 1.54) is 31.1 Å². The third-order valence-electron chi connectivity index (χ3n) is 21.3. The van der Waals surface area contributed by atoms with Crippen LogP contribution in [-0.2, 0) is 123 Å². The van der Waals surface area contributed by atoms with E-state index in [0.29, 0.717) is 0 Å². The first kappa shape index (κ1) is 107. The number of amides is 6. The highest BCUT2D eigenvalue weighted by molar-refractivity contribution is 7.53. The molecule has 7 heterocycles. The van der Waals surface area contributed by atoms with Gasteiger partial charge in [0.15, 0.2) is 30.3 Å². The second-order valence-electron chi connectivity index (χ2n) is 31.8. The Bertz CT molecular complexity index is 3800. The van der Waals surface area contributed by atoms with Gasteiger partial charge in [-0.1, -0.05) is 13.8 Å². The maximum atomic E-state index is 14.5. The number of rotatable bonds is 58. The molecular weight excluding hydrogens is 1740 g/mol. The van der Waals surface area contributed by atoms with Crippen molar-refractivity contribution in [2.24, 2.45) is 0 Å². The number of β-amino-alcohol motifs (C(OH)–C–C–N with tert-alkyl or cyclic N) is 1. The molecule has 0 aromatic carbocycles. The summed E-state index contributed by atoms with van der Waals surface area (Å²) >= 11 is 0. The standard InChI is InChI=1S/C76H123N11O38P2/c1-41(2)126(109,110)119-35-56-52(29-60(121-56)87-40-81-64-71(77)79-39-80-72(64)87)125-127(111,112)120-34-45-28-51(99)30-86(45)59(102)13-12-58(101)85-76(36-113-22-15-46(94)8-6-10-48(96)17-25-116-73-61(82-42(3)91)68(106)65(103)53(31-88)122-73,37-114-23-16-47(95)9-7-11-49(97)18-26-117-74-62(83-43(4)92)69(107)66(104)54(32-89)123-74)38-115-24-20-57(100)78-21-14-50(98)19-27-118-75-63(84-44(5)93)70(108)67(105)55(33-90)124-75/h39-41,45,51-56,60-63,65-70,73-75,88-90,99,103-108H,6-38H2,1-5H3,(H,78,100)(H,82,91)(H,83,92)(H,84,93)(H,85,101)(H,109,110)(H,111,112)(H2,77,79,80)/t45-,51+,52-,53?,54?,55?,56+,60+,61-,62-,63-,65-,66-,67-,68?,69?,70?,73+,74+,75+,76?/m0/s1. The molecule has 5 aliphatic rings. The van der Waals surface area contributed by atoms with Gasteiger partial charge in [0.1, 0.15) is 138 Å². The van der Waals surface area contributed by atoms with Crippen LogP contribution in [0.25, 0.3) is 11.2 Å². The third-order valence-corrected chi connectivity index (χ3v) is 24.1. The Kier molecular flexibility index (Phi) is 44.1. The predicted molar refractivity (Wildman–Crippen MR) is 431 cm³/mol. The Balaban J connectivity index is 1.01. The number of aliphatic hydroxyl groups is 10. The molecule has 5 aliphatic heterocycles. The number of phosphoric ester groups is 1. The highest BCUT2D eigenvalue weighted by atomic mass is 31.2. The van der Waals surface area contributed by atoms with Gasteiger partial charge in [-0.2, -0.15) is 0 Å². The van der Waals surface area contributed by atoms with Gasteiger partial charge in [-0.15, -0.1) is 0 Å². The Labute approximate surface area is 730 Å². The average Bonchev–Trinajstić information content (AvgIpc) is 1.62. The van der Waals surface area contributed by atoms with E-state index in [1.54, 1.807) is 0 Å². The smallest absolute Gasteiger partial charge is 0.394 e. The molecule has 2 aromatic rings. The molecule has 7 rings (SSSR count). The predicted octanol–water partition coefficient (Wildman–Crippen LogP) is -5.63. The number of ketones is 5. The fourth-order valence-corrected chi connectivity index (χ4v) is 15.9. The van der Waals surface area contributed by atoms with Crippen LogP contribution < -0.4 is 32.3 Å². The molecular formula is C76H123N11O38P2. The zero-order chi connectivity index (χ0) is 93.5. The minimum absolute atomic E-state index is 0.0361. The summed E-state index contributed by atoms with van der Waals surface area (Å²) in [5.41, 5.74) is 3.74. The molecule has 0 aliphatic carbocycles. The fourth-order valence-electron chi connectivity index (χ4n) is 14.3. The van der Waals surface area contributed by atoms with Crippen molar-refractivity contribution in [3.8, 4) is 0 Å². The number of Topliss-reactive ketones (excluding diaryl/α,β-unsaturated/α-hetero) is 5. The van der Waals surface area contributed by atoms with Crippen LogP contribution in [0.3, 0.4) is 0 Å². The third kappa shape index (κ3) is 34.0. The largest absolute Gasteiger partial charge is 0.472 e. The number of hydrogen-bond acceptors (Lipinski definition) is 40. The normalized spacial score (nSPS) is 28.2. The van der Waals surface area contributed by atoms with Crippen molar-refractivity contribution in [3.63, 3.8) is 0 Å². The summed E-state index contributed by atoms with van der Waals surface area (Å²) in [4.78, 5) is 179. The van der Waals surface area contributed by atoms with Gasteiger partial charge >= 0.3 is 15.4 Å². The molecule has 0 bridgehead atoms. The highest BCUT2D eigenvalue weighted by Crippen LogP contribution is 2.52. The van der Waals surface area contributed by atoms with Crippen LogP contribution in [0.4, 0.5) is 5.82 Å². The van der Waals surface area contributed by atoms with Crippen LogP contribution in [-0.4, -0.2) is 383 Å². The molecule has 2 aromatic heterocycles. The summed E-state index contributed by atoms with van der Waals surface area (Å²) in [7, 11) is -9.43. The summed E-state index contributed by atoms with van der Waals surface area (Å²) in [6, 6.07) is -4.89. The van der Waals surface area contributed by atoms with Crippen LogP contribution in [0.2, 0.25) is 0 Å². The highest BCUT2D eigenvalue weighted by Gasteiger charge is 2.50. The maximum absolute atomic E-state index is 14.5. The van der Waals surface area contributed by atoms with E-state index in [-0.39, 0.29) is 189 Å². The molecule has 22 atom stereocenters. The van der Waals surface area contributed by atoms with Crippen molar-refractivity contribution < 1.29 is 184 Å². The molecule has 0 radical (unpaired) electrons. The Morgan fingerprint density at radius 2 is 0.969 bits per heavy atom. The quantitative estimate of drug-likeness (QED) is 0.0217. The number of carbonyl (C=O) groups is 11. The van der Waals surface area contributed by atoms with Gasteiger partial charge in [0.25, 0.3) is 0 Å². The summed E-state index contributed by atoms with van der Waals surface area (Å²) < 4.78 is 103. The van der Waals surface area contributed by atoms with Crippen LogP contribution >= 0.6 is 15.4 Å². The topological polar surface area (TPSA) is 718 Å². The molecule has 0 saturated carbocycles. The van der Waals surface area contributed by atoms with Gasteiger partial charge in [0.2, 0.25) is 35.4 Å². The Morgan fingerprint density at radius 1 is 0.528 bits per heavy atom. The number of imidazole rings is 1. The van der Waals surface area contributed by atoms with Gasteiger partial charge in [-0.05, 0) is 19.3 Å². The van der Waals surface area contributed by atoms with E-state index >= 15 is 0 Å². The van der Waals surface area contributed by atoms with E-state index in [1.807, 2.05) is 0 Å². The van der Waals surface area contributed by atoms with Gasteiger partial charge in [0.05, 0.1) is 117 Å². The summed E-state index contributed by atoms with van der Waals surface area (Å²) in [5, 5.41) is 115. The van der Waals surface area contributed by atoms with E-state index in [9.17, 15) is 123 Å². The van der Waals surface area contributed by atoms with Crippen LogP contribution in [0.15, 0.2) is 12.7 Å². The number of phosphoric acid groups is 1. The first-order valence-corrected chi connectivity index (χ1v) is 44.9. The van der Waals surface area contributed by atoms with Crippen LogP contribution in [0.5, 0.6) is 0 Å². The number of fused-ring (bicyclic) bond motifs is 1. The fraction of sp³-hybridized carbons (Fsp3) is 0.789. The monoisotopic (exact) mass is 1860 g/mol. The van der Waals surface area contributed by atoms with Crippen molar-refractivity contribution >= 4 is 96.8 Å². The lowest BCUT2D eigenvalue weighted by molar-refractivity contribution is -0.269. The number of nitrogens with zero attached hydrogens (tertiary/aromatic N) is 5. The number of aliphatic hydroxyl groups excluding tert-OH is 10. The lowest BCUT2D eigenvalue weighted by Gasteiger charge is -2.42. The molecule has 51 heteroatoms. The minimum Gasteiger partial charge on any atom is -0.394 e. The van der Waals surface area contributed by atoms with Gasteiger partial charge in [-0.25, -0.2) is 19.5 Å². The number of hydrogen-bond donors (Lipinski definition) is 18. The molecule has 5 saturated heterocycles. The number of nitrogen functional groups attached to an aromatic ring is 1. The molecule has 8 unspecified atom stereocenters. The van der Waals surface area contributed by atoms with Crippen molar-refractivity contribution in [2.75, 3.05) is 111 Å². The van der Waals surface area contributed by atoms with E-state index in [0.717, 1.165) is 25.7 Å². The van der Waals surface area contributed by atoms with Crippen molar-refractivity contribution in [1.82, 2.24) is 51.0 Å². The zero-order valence-electron chi connectivity index (χ0n) is 71.3. The van der Waals surface area contributed by atoms with Crippen molar-refractivity contribution in [3.05, 3.63) is 12.7 Å². The van der Waals surface area contributed by atoms with Crippen molar-refractivity contribution in [2.45, 2.75) is 277 Å². The first-order valence-electron chi connectivity index (χ1n) is 41.8. The number of nitrogens with one attached hydrogen (secondary N) is 5. The van der Waals surface area contributed by atoms with Gasteiger partial charge < -0.3 is 150 Å². The molecule has 5 fully saturated rings. The summed E-state index contributed by atoms with van der Waals surface area (Å²) in [6.07, 6.45) is -23.5. The van der Waals surface area contributed by atoms with Crippen LogP contribution in [0, 0.1) is 0 Å². The minimum atomic E-state index is -5.18. The number of carbonyl (C=O) groups excluding carboxylic acids is 11. The molecule has 49 nitrogen and oxygen atoms in total. The second kappa shape index (κ2) is 52.3. The lowest BCUT2D eigenvalue weighted by Crippen LogP contribution is -2.64. The second-order valence-corrected chi connectivity index (χ2v) is 35.6. The SMILES string of the molecule is CC(=O)N[C@H]1C(O)[C@@H](O)C(CO)O[C@H]1OCCC(=O)CCCC(=O)CCOCC(COCCC(=O)CCCC(=O)CCO[C@@H]1OC(CO)[C@H](O)C(O)[C@@H]1NC(C)=O)(COCCC(=O)NCCC(=O)CCO[C@@H]1OC(CO)[C@H](O)C(O)[C@@H]1NC(C)=O)NC(=O)CCC(=O)N1C[C@H](O)C[C@H]1COP(=O)(O)O[C@H]1C[C@H](n2cnc3c(N)ncnc32)O[C@@H]1COP(=O)(O)C(C)C. The molecule has 19 N–H and O–H groups in total. The van der Waals surface area contributed by atoms with Crippen LogP contribution in [0.1, 0.15) is 150 Å². The summed E-state index contributed by atoms with van der Waals surface area (Å²) in [6.45, 7) is -1.14. The maximum Gasteiger partial charge on any atom is 0.472 e. The molecule has 0 spiro atoms. The lowest BCUT2D eigenvalue weighted by atomic mass is 9.97. The van der Waals surface area contributed by atoms with Crippen molar-refractivity contribution in [1.29, 1.82) is 0 Å². The van der Waals surface area contributed by atoms with E-state index in [4.69, 9.17) is 66.7 Å². The number of anilines is 1. The molecule has 720 valence electrons. The first-order chi connectivity index (χ1) is 60.2. The number of likely N-dealkylation sites (tertiary alicyclic amines) is 1. The van der Waals surface area contributed by atoms with E-state index in [2.05, 4.69) is 41.5 Å². The number of ether oxygens (including phenoxy) is 10. The Hall–Kier alpha value is -7.02. The molecule has 127 heavy (non-hydrogen) atoms. The summed E-state index contributed by atoms with van der Waals surface area (Å²) in [5.74, 6) is -5.87. The zero-order valence-corrected chi connectivity index (χ0v) is 73.1. The van der Waals surface area contributed by atoms with Gasteiger partial charge in [0, 0.05) is 124 Å². The van der Waals surface area contributed by atoms with Gasteiger partial charge in [-0.3, -0.25) is 70.9 Å². The van der Waals surface area contributed by atoms with E-state index < -0.39 is 256 Å². The Morgan fingerprint density at radius 3 is 1.41 bits per heavy atom. The average molecular weight is 1860 g/mol. The number of nitrogens with two attached hydrogens (primary N) is 1.